The number of hydrogen-bond donors (Lipinski definition) is 1. The number of rotatable bonds is 8. The Labute approximate surface area is 169 Å². The fourth-order valence-corrected chi connectivity index (χ4v) is 5.60. The predicted octanol–water partition coefficient (Wildman–Crippen LogP) is 2.61. The highest BCUT2D eigenvalue weighted by Crippen LogP contribution is 2.17. The Hall–Kier alpha value is -1.44. The zero-order valence-electron chi connectivity index (χ0n) is 16.7. The average molecular weight is 408 g/mol. The maximum Gasteiger partial charge on any atom is 0.251 e. The fourth-order valence-electron chi connectivity index (χ4n) is 3.99. The molecule has 1 aromatic carbocycles. The van der Waals surface area contributed by atoms with Gasteiger partial charge in [-0.3, -0.25) is 4.79 Å². The lowest BCUT2D eigenvalue weighted by Crippen LogP contribution is -2.30. The normalized spacial score (nSPS) is 19.4. The summed E-state index contributed by atoms with van der Waals surface area (Å²) < 4.78 is 26.3. The van der Waals surface area contributed by atoms with Gasteiger partial charge >= 0.3 is 0 Å². The van der Waals surface area contributed by atoms with Crippen molar-refractivity contribution in [1.29, 1.82) is 0 Å². The Morgan fingerprint density at radius 1 is 0.893 bits per heavy atom. The molecule has 2 fully saturated rings. The van der Waals surface area contributed by atoms with Gasteiger partial charge in [-0.05, 0) is 69.4 Å². The van der Waals surface area contributed by atoms with Crippen molar-refractivity contribution in [3.63, 3.8) is 0 Å². The second-order valence-corrected chi connectivity index (χ2v) is 9.89. The first kappa shape index (κ1) is 21.3. The first-order valence-electron chi connectivity index (χ1n) is 10.6. The van der Waals surface area contributed by atoms with E-state index in [1.54, 1.807) is 28.6 Å². The van der Waals surface area contributed by atoms with Gasteiger partial charge in [-0.15, -0.1) is 0 Å². The minimum atomic E-state index is -3.25. The Morgan fingerprint density at radius 2 is 1.50 bits per heavy atom. The van der Waals surface area contributed by atoms with E-state index in [1.807, 2.05) is 0 Å². The number of hydrogen-bond acceptors (Lipinski definition) is 4. The van der Waals surface area contributed by atoms with Gasteiger partial charge in [0.05, 0.1) is 5.75 Å². The lowest BCUT2D eigenvalue weighted by molar-refractivity contribution is 0.0951. The molecule has 2 heterocycles. The Morgan fingerprint density at radius 3 is 2.14 bits per heavy atom. The van der Waals surface area contributed by atoms with E-state index in [4.69, 9.17) is 0 Å². The molecule has 1 N–H and O–H groups in total. The van der Waals surface area contributed by atoms with Gasteiger partial charge in [0.25, 0.3) is 5.91 Å². The quantitative estimate of drug-likeness (QED) is 0.673. The summed E-state index contributed by atoms with van der Waals surface area (Å²) in [6.07, 6.45) is 8.08. The van der Waals surface area contributed by atoms with Gasteiger partial charge in [0.15, 0.2) is 0 Å². The van der Waals surface area contributed by atoms with Gasteiger partial charge in [-0.1, -0.05) is 25.0 Å². The summed E-state index contributed by atoms with van der Waals surface area (Å²) in [6.45, 7) is 5.31. The van der Waals surface area contributed by atoms with Crippen LogP contribution in [0.2, 0.25) is 0 Å². The van der Waals surface area contributed by atoms with Crippen molar-refractivity contribution in [2.45, 2.75) is 50.7 Å². The van der Waals surface area contributed by atoms with E-state index in [0.29, 0.717) is 25.2 Å². The first-order chi connectivity index (χ1) is 13.5. The minimum absolute atomic E-state index is 0.00470. The summed E-state index contributed by atoms with van der Waals surface area (Å²) in [5.41, 5.74) is 1.31. The molecule has 7 heteroatoms. The summed E-state index contributed by atoms with van der Waals surface area (Å²) in [5.74, 6) is -0.0881. The van der Waals surface area contributed by atoms with Crippen molar-refractivity contribution < 1.29 is 13.2 Å². The predicted molar refractivity (Wildman–Crippen MR) is 112 cm³/mol. The van der Waals surface area contributed by atoms with E-state index >= 15 is 0 Å². The van der Waals surface area contributed by atoms with Gasteiger partial charge in [0.2, 0.25) is 10.0 Å². The summed E-state index contributed by atoms with van der Waals surface area (Å²) >= 11 is 0. The molecule has 2 aliphatic heterocycles. The van der Waals surface area contributed by atoms with Gasteiger partial charge in [0.1, 0.15) is 0 Å². The SMILES string of the molecule is O=C(NCCCN1CCCCCC1)c1ccc(CS(=O)(=O)N2CCCC2)cc1. The number of amides is 1. The third kappa shape index (κ3) is 6.29. The molecule has 1 aromatic rings. The zero-order valence-corrected chi connectivity index (χ0v) is 17.6. The first-order valence-corrected chi connectivity index (χ1v) is 12.2. The maximum absolute atomic E-state index is 12.4. The molecule has 156 valence electrons. The minimum Gasteiger partial charge on any atom is -0.352 e. The van der Waals surface area contributed by atoms with Gasteiger partial charge < -0.3 is 10.2 Å². The van der Waals surface area contributed by atoms with Crippen LogP contribution in [0.5, 0.6) is 0 Å². The van der Waals surface area contributed by atoms with Crippen molar-refractivity contribution in [2.24, 2.45) is 0 Å². The second-order valence-electron chi connectivity index (χ2n) is 7.92. The lowest BCUT2D eigenvalue weighted by atomic mass is 10.1. The number of nitrogens with zero attached hydrogens (tertiary/aromatic N) is 2. The van der Waals surface area contributed by atoms with Crippen LogP contribution >= 0.6 is 0 Å². The summed E-state index contributed by atoms with van der Waals surface area (Å²) in [7, 11) is -3.25. The zero-order chi connectivity index (χ0) is 19.8. The largest absolute Gasteiger partial charge is 0.352 e. The summed E-state index contributed by atoms with van der Waals surface area (Å²) in [4.78, 5) is 14.8. The molecule has 6 nitrogen and oxygen atoms in total. The van der Waals surface area contributed by atoms with Gasteiger partial charge in [-0.25, -0.2) is 12.7 Å². The van der Waals surface area contributed by atoms with Gasteiger partial charge in [-0.2, -0.15) is 0 Å². The van der Waals surface area contributed by atoms with Crippen LogP contribution in [0.1, 0.15) is 60.9 Å². The number of sulfonamides is 1. The van der Waals surface area contributed by atoms with Crippen LogP contribution in [0.15, 0.2) is 24.3 Å². The number of nitrogens with one attached hydrogen (secondary N) is 1. The smallest absolute Gasteiger partial charge is 0.251 e. The standard InChI is InChI=1S/C21H33N3O3S/c25-21(22-12-7-15-23-13-3-1-2-4-14-23)20-10-8-19(9-11-20)18-28(26,27)24-16-5-6-17-24/h8-11H,1-7,12-18H2,(H,22,25). The van der Waals surface area contributed by atoms with Crippen molar-refractivity contribution in [3.8, 4) is 0 Å². The van der Waals surface area contributed by atoms with Crippen LogP contribution in [-0.4, -0.2) is 62.8 Å². The topological polar surface area (TPSA) is 69.7 Å². The molecule has 0 bridgehead atoms. The summed E-state index contributed by atoms with van der Waals surface area (Å²) in [6, 6.07) is 6.94. The molecule has 0 spiro atoms. The molecular formula is C21H33N3O3S. The number of benzene rings is 1. The molecule has 0 aliphatic carbocycles. The molecule has 0 atom stereocenters. The molecule has 28 heavy (non-hydrogen) atoms. The van der Waals surface area contributed by atoms with Crippen molar-refractivity contribution in [3.05, 3.63) is 35.4 Å². The van der Waals surface area contributed by atoms with E-state index in [2.05, 4.69) is 10.2 Å². The molecule has 0 aromatic heterocycles. The second kappa shape index (κ2) is 10.4. The van der Waals surface area contributed by atoms with Crippen LogP contribution in [-0.2, 0) is 15.8 Å². The molecule has 0 radical (unpaired) electrons. The van der Waals surface area contributed by atoms with Crippen LogP contribution < -0.4 is 5.32 Å². The van der Waals surface area contributed by atoms with Crippen LogP contribution in [0.3, 0.4) is 0 Å². The van der Waals surface area contributed by atoms with Crippen LogP contribution in [0, 0.1) is 0 Å². The van der Waals surface area contributed by atoms with E-state index in [-0.39, 0.29) is 11.7 Å². The van der Waals surface area contributed by atoms with E-state index in [9.17, 15) is 13.2 Å². The third-order valence-electron chi connectivity index (χ3n) is 5.66. The number of carbonyl (C=O) groups is 1. The molecule has 0 unspecified atom stereocenters. The summed E-state index contributed by atoms with van der Waals surface area (Å²) in [5, 5.41) is 2.97. The highest BCUT2D eigenvalue weighted by molar-refractivity contribution is 7.88. The van der Waals surface area contributed by atoms with Crippen molar-refractivity contribution >= 4 is 15.9 Å². The van der Waals surface area contributed by atoms with Crippen LogP contribution in [0.4, 0.5) is 0 Å². The molecule has 2 aliphatic rings. The van der Waals surface area contributed by atoms with E-state index in [1.165, 1.54) is 38.8 Å². The lowest BCUT2D eigenvalue weighted by Gasteiger charge is -2.19. The molecule has 0 saturated carbocycles. The number of carbonyl (C=O) groups excluding carboxylic acids is 1. The Balaban J connectivity index is 1.41. The molecule has 1 amide bonds. The van der Waals surface area contributed by atoms with Crippen molar-refractivity contribution in [1.82, 2.24) is 14.5 Å². The van der Waals surface area contributed by atoms with E-state index in [0.717, 1.165) is 31.4 Å². The Bertz CT molecular complexity index is 720. The fraction of sp³-hybridized carbons (Fsp3) is 0.667. The highest BCUT2D eigenvalue weighted by Gasteiger charge is 2.25. The van der Waals surface area contributed by atoms with Gasteiger partial charge in [0, 0.05) is 25.2 Å². The molecule has 3 rings (SSSR count). The maximum atomic E-state index is 12.4. The molecular weight excluding hydrogens is 374 g/mol. The third-order valence-corrected chi connectivity index (χ3v) is 7.51. The van der Waals surface area contributed by atoms with Crippen molar-refractivity contribution in [2.75, 3.05) is 39.3 Å². The molecule has 2 saturated heterocycles. The highest BCUT2D eigenvalue weighted by atomic mass is 32.2. The van der Waals surface area contributed by atoms with E-state index < -0.39 is 10.0 Å². The average Bonchev–Trinajstić information content (AvgIpc) is 3.12. The monoisotopic (exact) mass is 407 g/mol. The van der Waals surface area contributed by atoms with Crippen LogP contribution in [0.25, 0.3) is 0 Å². The number of likely N-dealkylation sites (tertiary alicyclic amines) is 1. The Kier molecular flexibility index (Phi) is 7.88.